The molecule has 0 bridgehead atoms. The Morgan fingerprint density at radius 3 is 2.31 bits per heavy atom. The van der Waals surface area contributed by atoms with Gasteiger partial charge in [-0.2, -0.15) is 0 Å². The first-order valence-electron chi connectivity index (χ1n) is 8.80. The molecule has 29 heavy (non-hydrogen) atoms. The maximum atomic E-state index is 12.5. The second-order valence-corrected chi connectivity index (χ2v) is 8.08. The fraction of sp³-hybridized carbons (Fsp3) is 0.100. The predicted molar refractivity (Wildman–Crippen MR) is 113 cm³/mol. The molecule has 0 saturated heterocycles. The zero-order valence-corrected chi connectivity index (χ0v) is 16.2. The van der Waals surface area contributed by atoms with Gasteiger partial charge in [0.25, 0.3) is 5.69 Å². The number of hydrogen-bond donors (Lipinski definition) is 3. The highest BCUT2D eigenvalue weighted by Crippen LogP contribution is 2.30. The standard InChI is InChI=1S/C20H20N4O4S/c21-16-6-8-17(9-7-16)23-19-11-10-18(14-20(19)24(25)26)29(27,28)22-13-12-15-4-2-1-3-5-15/h1-11,14,22-23H,12-13,21H2. The Morgan fingerprint density at radius 1 is 0.966 bits per heavy atom. The van der Waals surface area contributed by atoms with Crippen molar-refractivity contribution in [1.82, 2.24) is 4.72 Å². The van der Waals surface area contributed by atoms with Crippen LogP contribution in [-0.4, -0.2) is 19.9 Å². The molecular formula is C20H20N4O4S. The molecule has 3 aromatic rings. The average Bonchev–Trinajstić information content (AvgIpc) is 2.70. The van der Waals surface area contributed by atoms with Crippen LogP contribution in [0.1, 0.15) is 5.56 Å². The summed E-state index contributed by atoms with van der Waals surface area (Å²) in [5, 5.41) is 14.4. The largest absolute Gasteiger partial charge is 0.399 e. The lowest BCUT2D eigenvalue weighted by Crippen LogP contribution is -2.26. The molecule has 0 aliphatic heterocycles. The molecule has 0 aliphatic rings. The van der Waals surface area contributed by atoms with Crippen molar-refractivity contribution >= 4 is 32.8 Å². The summed E-state index contributed by atoms with van der Waals surface area (Å²) in [6.45, 7) is 0.186. The number of nitrogens with one attached hydrogen (secondary N) is 2. The van der Waals surface area contributed by atoms with Gasteiger partial charge < -0.3 is 11.1 Å². The molecule has 0 aliphatic carbocycles. The molecule has 0 radical (unpaired) electrons. The third kappa shape index (κ3) is 5.31. The van der Waals surface area contributed by atoms with Crippen LogP contribution >= 0.6 is 0 Å². The number of hydrogen-bond acceptors (Lipinski definition) is 6. The lowest BCUT2D eigenvalue weighted by atomic mass is 10.2. The molecule has 0 unspecified atom stereocenters. The number of benzene rings is 3. The summed E-state index contributed by atoms with van der Waals surface area (Å²) >= 11 is 0. The number of anilines is 3. The van der Waals surface area contributed by atoms with Gasteiger partial charge >= 0.3 is 0 Å². The molecule has 0 amide bonds. The predicted octanol–water partition coefficient (Wildman–Crippen LogP) is 3.44. The van der Waals surface area contributed by atoms with Crippen LogP contribution in [0.3, 0.4) is 0 Å². The molecule has 3 rings (SSSR count). The minimum Gasteiger partial charge on any atom is -0.399 e. The highest BCUT2D eigenvalue weighted by Gasteiger charge is 2.21. The van der Waals surface area contributed by atoms with E-state index in [0.29, 0.717) is 17.8 Å². The van der Waals surface area contributed by atoms with Gasteiger partial charge in [0, 0.05) is 24.0 Å². The summed E-state index contributed by atoms with van der Waals surface area (Å²) < 4.78 is 27.6. The van der Waals surface area contributed by atoms with Crippen molar-refractivity contribution in [2.75, 3.05) is 17.6 Å². The van der Waals surface area contributed by atoms with Crippen LogP contribution in [0.2, 0.25) is 0 Å². The van der Waals surface area contributed by atoms with E-state index >= 15 is 0 Å². The van der Waals surface area contributed by atoms with E-state index in [1.165, 1.54) is 12.1 Å². The molecule has 8 nitrogen and oxygen atoms in total. The Hall–Kier alpha value is -3.43. The number of nitro groups is 1. The topological polar surface area (TPSA) is 127 Å². The third-order valence-corrected chi connectivity index (χ3v) is 5.67. The van der Waals surface area contributed by atoms with Crippen LogP contribution in [0.15, 0.2) is 77.7 Å². The van der Waals surface area contributed by atoms with Crippen molar-refractivity contribution in [3.05, 3.63) is 88.5 Å². The number of nitrogen functional groups attached to an aromatic ring is 1. The van der Waals surface area contributed by atoms with Crippen LogP contribution in [0, 0.1) is 10.1 Å². The Kier molecular flexibility index (Phi) is 6.10. The summed E-state index contributed by atoms with van der Waals surface area (Å²) in [4.78, 5) is 10.7. The lowest BCUT2D eigenvalue weighted by Gasteiger charge is -2.10. The van der Waals surface area contributed by atoms with E-state index in [9.17, 15) is 18.5 Å². The Labute approximate surface area is 168 Å². The van der Waals surface area contributed by atoms with E-state index in [1.54, 1.807) is 24.3 Å². The van der Waals surface area contributed by atoms with Crippen LogP contribution in [-0.2, 0) is 16.4 Å². The number of sulfonamides is 1. The maximum Gasteiger partial charge on any atom is 0.294 e. The number of nitrogens with zero attached hydrogens (tertiary/aromatic N) is 1. The molecule has 150 valence electrons. The van der Waals surface area contributed by atoms with Crippen molar-refractivity contribution in [2.45, 2.75) is 11.3 Å². The zero-order chi connectivity index (χ0) is 20.9. The molecule has 0 aromatic heterocycles. The van der Waals surface area contributed by atoms with Crippen LogP contribution in [0.25, 0.3) is 0 Å². The number of rotatable bonds is 8. The van der Waals surface area contributed by atoms with Crippen LogP contribution in [0.5, 0.6) is 0 Å². The zero-order valence-electron chi connectivity index (χ0n) is 15.4. The molecular weight excluding hydrogens is 392 g/mol. The first kappa shape index (κ1) is 20.3. The van der Waals surface area contributed by atoms with Gasteiger partial charge in [-0.1, -0.05) is 30.3 Å². The molecule has 0 heterocycles. The van der Waals surface area contributed by atoms with Crippen molar-refractivity contribution in [2.24, 2.45) is 0 Å². The molecule has 0 fully saturated rings. The summed E-state index contributed by atoms with van der Waals surface area (Å²) in [6.07, 6.45) is 0.513. The van der Waals surface area contributed by atoms with E-state index in [1.807, 2.05) is 30.3 Å². The fourth-order valence-corrected chi connectivity index (χ4v) is 3.77. The Bertz CT molecular complexity index is 1100. The minimum atomic E-state index is -3.88. The summed E-state index contributed by atoms with van der Waals surface area (Å²) in [5.41, 5.74) is 7.63. The Balaban J connectivity index is 1.77. The fourth-order valence-electron chi connectivity index (χ4n) is 2.72. The van der Waals surface area contributed by atoms with Gasteiger partial charge in [-0.25, -0.2) is 13.1 Å². The van der Waals surface area contributed by atoms with Gasteiger partial charge in [0.15, 0.2) is 0 Å². The number of nitro benzene ring substituents is 1. The van der Waals surface area contributed by atoms with Crippen LogP contribution < -0.4 is 15.8 Å². The van der Waals surface area contributed by atoms with Crippen LogP contribution in [0.4, 0.5) is 22.7 Å². The average molecular weight is 412 g/mol. The summed E-state index contributed by atoms with van der Waals surface area (Å²) in [6, 6.07) is 19.8. The SMILES string of the molecule is Nc1ccc(Nc2ccc(S(=O)(=O)NCCc3ccccc3)cc2[N+](=O)[O-])cc1. The lowest BCUT2D eigenvalue weighted by molar-refractivity contribution is -0.384. The highest BCUT2D eigenvalue weighted by atomic mass is 32.2. The van der Waals surface area contributed by atoms with E-state index in [-0.39, 0.29) is 22.8 Å². The Morgan fingerprint density at radius 2 is 1.66 bits per heavy atom. The van der Waals surface area contributed by atoms with E-state index < -0.39 is 14.9 Å². The van der Waals surface area contributed by atoms with Crippen molar-refractivity contribution in [1.29, 1.82) is 0 Å². The second-order valence-electron chi connectivity index (χ2n) is 6.32. The third-order valence-electron chi connectivity index (χ3n) is 4.21. The van der Waals surface area contributed by atoms with Gasteiger partial charge in [-0.05, 0) is 48.4 Å². The van der Waals surface area contributed by atoms with Gasteiger partial charge in [-0.3, -0.25) is 10.1 Å². The smallest absolute Gasteiger partial charge is 0.294 e. The highest BCUT2D eigenvalue weighted by molar-refractivity contribution is 7.89. The second kappa shape index (κ2) is 8.72. The normalized spacial score (nSPS) is 11.2. The van der Waals surface area contributed by atoms with E-state index in [2.05, 4.69) is 10.0 Å². The molecule has 0 atom stereocenters. The van der Waals surface area contributed by atoms with Crippen molar-refractivity contribution < 1.29 is 13.3 Å². The van der Waals surface area contributed by atoms with E-state index in [4.69, 9.17) is 5.73 Å². The van der Waals surface area contributed by atoms with Gasteiger partial charge in [0.1, 0.15) is 5.69 Å². The number of nitrogens with two attached hydrogens (primary N) is 1. The molecule has 4 N–H and O–H groups in total. The first-order valence-corrected chi connectivity index (χ1v) is 10.3. The van der Waals surface area contributed by atoms with Gasteiger partial charge in [0.05, 0.1) is 9.82 Å². The quantitative estimate of drug-likeness (QED) is 0.295. The molecule has 3 aromatic carbocycles. The van der Waals surface area contributed by atoms with Crippen molar-refractivity contribution in [3.8, 4) is 0 Å². The van der Waals surface area contributed by atoms with Gasteiger partial charge in [0.2, 0.25) is 10.0 Å². The maximum absolute atomic E-state index is 12.5. The molecule has 9 heteroatoms. The summed E-state index contributed by atoms with van der Waals surface area (Å²) in [5.74, 6) is 0. The van der Waals surface area contributed by atoms with E-state index in [0.717, 1.165) is 11.6 Å². The summed E-state index contributed by atoms with van der Waals surface area (Å²) in [7, 11) is -3.88. The van der Waals surface area contributed by atoms with Crippen molar-refractivity contribution in [3.63, 3.8) is 0 Å². The van der Waals surface area contributed by atoms with Gasteiger partial charge in [-0.15, -0.1) is 0 Å². The molecule has 0 saturated carbocycles. The monoisotopic (exact) mass is 412 g/mol. The first-order chi connectivity index (χ1) is 13.8. The minimum absolute atomic E-state index is 0.167. The molecule has 0 spiro atoms.